The van der Waals surface area contributed by atoms with Gasteiger partial charge >= 0.3 is 0 Å². The number of halogens is 1. The van der Waals surface area contributed by atoms with E-state index in [0.717, 1.165) is 0 Å². The van der Waals surface area contributed by atoms with Gasteiger partial charge in [-0.1, -0.05) is 11.8 Å². The van der Waals surface area contributed by atoms with Crippen LogP contribution in [-0.4, -0.2) is 21.2 Å². The van der Waals surface area contributed by atoms with Crippen LogP contribution in [0, 0.1) is 12.7 Å². The van der Waals surface area contributed by atoms with Crippen molar-refractivity contribution >= 4 is 44.9 Å². The molecule has 24 heavy (non-hydrogen) atoms. The molecule has 0 aliphatic rings. The number of amides is 1. The van der Waals surface area contributed by atoms with E-state index >= 15 is 0 Å². The van der Waals surface area contributed by atoms with Crippen molar-refractivity contribution in [1.29, 1.82) is 0 Å². The fourth-order valence-electron chi connectivity index (χ4n) is 2.18. The predicted molar refractivity (Wildman–Crippen MR) is 95.4 cm³/mol. The van der Waals surface area contributed by atoms with Gasteiger partial charge in [0.25, 0.3) is 5.56 Å². The first-order valence-corrected chi connectivity index (χ1v) is 8.95. The Bertz CT molecular complexity index is 981. The highest BCUT2D eigenvalue weighted by atomic mass is 32.2. The lowest BCUT2D eigenvalue weighted by Gasteiger charge is -2.09. The van der Waals surface area contributed by atoms with E-state index in [1.807, 2.05) is 5.38 Å². The standard InChI is InChI=1S/C16H14FN3O2S2/c1-9-7-10(17)3-4-11(9)18-13(21)8-24-16-19-12-5-6-23-14(12)15(22)20(16)2/h3-7H,8H2,1-2H3,(H,18,21). The largest absolute Gasteiger partial charge is 0.325 e. The third kappa shape index (κ3) is 3.34. The topological polar surface area (TPSA) is 64.0 Å². The van der Waals surface area contributed by atoms with Gasteiger partial charge in [-0.25, -0.2) is 9.37 Å². The molecule has 0 spiro atoms. The smallest absolute Gasteiger partial charge is 0.271 e. The van der Waals surface area contributed by atoms with Crippen LogP contribution in [0.1, 0.15) is 5.56 Å². The summed E-state index contributed by atoms with van der Waals surface area (Å²) in [6.45, 7) is 1.72. The summed E-state index contributed by atoms with van der Waals surface area (Å²) >= 11 is 2.54. The Kier molecular flexibility index (Phi) is 4.68. The quantitative estimate of drug-likeness (QED) is 0.571. The maximum atomic E-state index is 13.1. The minimum absolute atomic E-state index is 0.104. The lowest BCUT2D eigenvalue weighted by molar-refractivity contribution is -0.113. The molecule has 5 nitrogen and oxygen atoms in total. The molecule has 1 amide bonds. The Morgan fingerprint density at radius 1 is 1.42 bits per heavy atom. The molecule has 0 bridgehead atoms. The molecule has 3 rings (SSSR count). The predicted octanol–water partition coefficient (Wildman–Crippen LogP) is 3.17. The van der Waals surface area contributed by atoms with Crippen LogP contribution in [0.5, 0.6) is 0 Å². The number of benzene rings is 1. The monoisotopic (exact) mass is 363 g/mol. The molecule has 1 N–H and O–H groups in total. The third-order valence-electron chi connectivity index (χ3n) is 3.44. The van der Waals surface area contributed by atoms with E-state index in [4.69, 9.17) is 0 Å². The van der Waals surface area contributed by atoms with Crippen LogP contribution in [0.15, 0.2) is 39.6 Å². The number of thiophene rings is 1. The summed E-state index contributed by atoms with van der Waals surface area (Å²) in [5.41, 5.74) is 1.74. The first kappa shape index (κ1) is 16.7. The van der Waals surface area contributed by atoms with Gasteiger partial charge in [0.2, 0.25) is 5.91 Å². The lowest BCUT2D eigenvalue weighted by Crippen LogP contribution is -2.20. The Labute approximate surface area is 145 Å². The maximum Gasteiger partial charge on any atom is 0.271 e. The van der Waals surface area contributed by atoms with Crippen molar-refractivity contribution in [2.24, 2.45) is 7.05 Å². The summed E-state index contributed by atoms with van der Waals surface area (Å²) in [5.74, 6) is -0.482. The zero-order chi connectivity index (χ0) is 17.3. The summed E-state index contributed by atoms with van der Waals surface area (Å²) in [6, 6.07) is 5.97. The van der Waals surface area contributed by atoms with E-state index in [1.165, 1.54) is 45.9 Å². The van der Waals surface area contributed by atoms with Gasteiger partial charge in [0.15, 0.2) is 5.16 Å². The molecule has 0 atom stereocenters. The van der Waals surface area contributed by atoms with Crippen molar-refractivity contribution < 1.29 is 9.18 Å². The van der Waals surface area contributed by atoms with E-state index in [9.17, 15) is 14.0 Å². The molecule has 8 heteroatoms. The number of anilines is 1. The van der Waals surface area contributed by atoms with Crippen molar-refractivity contribution in [1.82, 2.24) is 9.55 Å². The molecule has 0 saturated heterocycles. The van der Waals surface area contributed by atoms with Crippen molar-refractivity contribution in [3.05, 3.63) is 51.4 Å². The molecule has 124 valence electrons. The van der Waals surface area contributed by atoms with Crippen LogP contribution in [0.4, 0.5) is 10.1 Å². The van der Waals surface area contributed by atoms with Gasteiger partial charge in [-0.2, -0.15) is 0 Å². The first-order valence-electron chi connectivity index (χ1n) is 7.09. The minimum atomic E-state index is -0.344. The number of rotatable bonds is 4. The molecule has 0 radical (unpaired) electrons. The lowest BCUT2D eigenvalue weighted by atomic mass is 10.2. The number of carbonyl (C=O) groups excluding carboxylic acids is 1. The van der Waals surface area contributed by atoms with E-state index in [2.05, 4.69) is 10.3 Å². The minimum Gasteiger partial charge on any atom is -0.325 e. The number of nitrogens with one attached hydrogen (secondary N) is 1. The van der Waals surface area contributed by atoms with Crippen LogP contribution in [-0.2, 0) is 11.8 Å². The zero-order valence-electron chi connectivity index (χ0n) is 13.0. The second-order valence-corrected chi connectivity index (χ2v) is 7.05. The number of aryl methyl sites for hydroxylation is 1. The van der Waals surface area contributed by atoms with Crippen LogP contribution < -0.4 is 10.9 Å². The molecule has 0 aliphatic heterocycles. The maximum absolute atomic E-state index is 13.1. The molecular formula is C16H14FN3O2S2. The SMILES string of the molecule is Cc1cc(F)ccc1NC(=O)CSc1nc2ccsc2c(=O)n1C. The van der Waals surface area contributed by atoms with E-state index in [1.54, 1.807) is 20.0 Å². The number of hydrogen-bond donors (Lipinski definition) is 1. The molecule has 0 unspecified atom stereocenters. The van der Waals surface area contributed by atoms with E-state index in [0.29, 0.717) is 26.6 Å². The Hall–Kier alpha value is -2.19. The number of thioether (sulfide) groups is 1. The highest BCUT2D eigenvalue weighted by Gasteiger charge is 2.12. The van der Waals surface area contributed by atoms with Crippen molar-refractivity contribution in [2.45, 2.75) is 12.1 Å². The summed E-state index contributed by atoms with van der Waals surface area (Å²) in [5, 5.41) is 5.03. The fraction of sp³-hybridized carbons (Fsp3) is 0.188. The summed E-state index contributed by atoms with van der Waals surface area (Å²) < 4.78 is 15.1. The van der Waals surface area contributed by atoms with Crippen molar-refractivity contribution in [2.75, 3.05) is 11.1 Å². The molecule has 0 aliphatic carbocycles. The van der Waals surface area contributed by atoms with Crippen LogP contribution >= 0.6 is 23.1 Å². The molecule has 2 aromatic heterocycles. The second-order valence-electron chi connectivity index (χ2n) is 5.19. The molecule has 3 aromatic rings. The second kappa shape index (κ2) is 6.74. The van der Waals surface area contributed by atoms with Gasteiger partial charge in [0, 0.05) is 12.7 Å². The number of hydrogen-bond acceptors (Lipinski definition) is 5. The molecular weight excluding hydrogens is 349 g/mol. The molecule has 0 fully saturated rings. The number of carbonyl (C=O) groups is 1. The first-order chi connectivity index (χ1) is 11.5. The number of aromatic nitrogens is 2. The van der Waals surface area contributed by atoms with Gasteiger partial charge in [-0.05, 0) is 42.1 Å². The zero-order valence-corrected chi connectivity index (χ0v) is 14.6. The number of nitrogens with zero attached hydrogens (tertiary/aromatic N) is 2. The van der Waals surface area contributed by atoms with Gasteiger partial charge < -0.3 is 5.32 Å². The van der Waals surface area contributed by atoms with Gasteiger partial charge in [-0.3, -0.25) is 14.2 Å². The number of fused-ring (bicyclic) bond motifs is 1. The van der Waals surface area contributed by atoms with Crippen LogP contribution in [0.3, 0.4) is 0 Å². The fourth-order valence-corrected chi connectivity index (χ4v) is 3.76. The van der Waals surface area contributed by atoms with Crippen molar-refractivity contribution in [3.63, 3.8) is 0 Å². The van der Waals surface area contributed by atoms with Crippen molar-refractivity contribution in [3.8, 4) is 0 Å². The van der Waals surface area contributed by atoms with Gasteiger partial charge in [0.05, 0.1) is 11.3 Å². The summed E-state index contributed by atoms with van der Waals surface area (Å²) in [7, 11) is 1.64. The molecule has 1 aromatic carbocycles. The Morgan fingerprint density at radius 2 is 2.21 bits per heavy atom. The summed E-state index contributed by atoms with van der Waals surface area (Å²) in [6.07, 6.45) is 0. The van der Waals surface area contributed by atoms with Gasteiger partial charge in [-0.15, -0.1) is 11.3 Å². The average Bonchev–Trinajstić information content (AvgIpc) is 3.01. The van der Waals surface area contributed by atoms with Crippen LogP contribution in [0.2, 0.25) is 0 Å². The molecule has 2 heterocycles. The van der Waals surface area contributed by atoms with Gasteiger partial charge in [0.1, 0.15) is 10.5 Å². The van der Waals surface area contributed by atoms with E-state index in [-0.39, 0.29) is 23.0 Å². The average molecular weight is 363 g/mol. The highest BCUT2D eigenvalue weighted by molar-refractivity contribution is 7.99. The highest BCUT2D eigenvalue weighted by Crippen LogP contribution is 2.21. The Morgan fingerprint density at radius 3 is 2.96 bits per heavy atom. The normalized spacial score (nSPS) is 11.0. The summed E-state index contributed by atoms with van der Waals surface area (Å²) in [4.78, 5) is 28.7. The third-order valence-corrected chi connectivity index (χ3v) is 5.36. The van der Waals surface area contributed by atoms with Crippen LogP contribution in [0.25, 0.3) is 10.2 Å². The Balaban J connectivity index is 1.72. The molecule has 0 saturated carbocycles. The van der Waals surface area contributed by atoms with E-state index < -0.39 is 0 Å².